The van der Waals surface area contributed by atoms with Gasteiger partial charge in [-0.2, -0.15) is 0 Å². The number of carbonyl (C=O) groups is 2. The third-order valence-electron chi connectivity index (χ3n) is 1.66. The van der Waals surface area contributed by atoms with E-state index in [-0.39, 0.29) is 23.2 Å². The lowest BCUT2D eigenvalue weighted by Gasteiger charge is -2.04. The number of rotatable bonds is 3. The van der Waals surface area contributed by atoms with E-state index in [0.717, 1.165) is 12.1 Å². The number of methoxy groups -OCH3 is 1. The van der Waals surface area contributed by atoms with Gasteiger partial charge < -0.3 is 9.84 Å². The maximum atomic E-state index is 13.2. The van der Waals surface area contributed by atoms with Gasteiger partial charge in [0.1, 0.15) is 0 Å². The van der Waals surface area contributed by atoms with E-state index in [1.807, 2.05) is 0 Å². The molecule has 74 valence electrons. The quantitative estimate of drug-likeness (QED) is 0.744. The second-order valence-corrected chi connectivity index (χ2v) is 2.50. The number of halogens is 1. The molecule has 0 aliphatic carbocycles. The molecule has 0 amide bonds. The van der Waals surface area contributed by atoms with Crippen LogP contribution in [-0.4, -0.2) is 24.5 Å². The maximum absolute atomic E-state index is 13.2. The molecule has 1 rings (SSSR count). The van der Waals surface area contributed by atoms with Crippen molar-refractivity contribution in [1.29, 1.82) is 0 Å². The van der Waals surface area contributed by atoms with Gasteiger partial charge in [0.05, 0.1) is 18.2 Å². The third kappa shape index (κ3) is 1.71. The minimum Gasteiger partial charge on any atom is -0.494 e. The van der Waals surface area contributed by atoms with Crippen molar-refractivity contribution >= 4 is 12.3 Å². The Balaban J connectivity index is 3.39. The molecule has 4 nitrogen and oxygen atoms in total. The van der Waals surface area contributed by atoms with Gasteiger partial charge in [0, 0.05) is 0 Å². The van der Waals surface area contributed by atoms with Crippen LogP contribution in [0.4, 0.5) is 4.39 Å². The van der Waals surface area contributed by atoms with Crippen molar-refractivity contribution in [2.75, 3.05) is 7.11 Å². The van der Waals surface area contributed by atoms with Crippen molar-refractivity contribution in [3.05, 3.63) is 29.1 Å². The Hall–Kier alpha value is -1.91. The normalized spacial score (nSPS) is 9.57. The summed E-state index contributed by atoms with van der Waals surface area (Å²) in [5, 5.41) is 8.62. The Bertz CT molecular complexity index is 387. The van der Waals surface area contributed by atoms with Crippen molar-refractivity contribution in [3.8, 4) is 5.75 Å². The number of carbonyl (C=O) groups excluding carboxylic acids is 1. The van der Waals surface area contributed by atoms with Gasteiger partial charge >= 0.3 is 5.97 Å². The van der Waals surface area contributed by atoms with E-state index in [0.29, 0.717) is 0 Å². The average molecular weight is 198 g/mol. The fourth-order valence-electron chi connectivity index (χ4n) is 0.977. The molecule has 14 heavy (non-hydrogen) atoms. The molecule has 1 aromatic rings. The van der Waals surface area contributed by atoms with E-state index in [1.165, 1.54) is 7.11 Å². The van der Waals surface area contributed by atoms with Crippen LogP contribution in [0.25, 0.3) is 0 Å². The number of carboxylic acid groups (broad SMARTS) is 1. The van der Waals surface area contributed by atoms with Crippen LogP contribution < -0.4 is 4.74 Å². The average Bonchev–Trinajstić information content (AvgIpc) is 2.17. The number of carboxylic acids is 1. The molecule has 0 saturated carbocycles. The van der Waals surface area contributed by atoms with E-state index in [1.54, 1.807) is 0 Å². The molecule has 1 aromatic carbocycles. The molecular weight excluding hydrogens is 191 g/mol. The topological polar surface area (TPSA) is 63.6 Å². The third-order valence-corrected chi connectivity index (χ3v) is 1.66. The van der Waals surface area contributed by atoms with Crippen LogP contribution in [0.1, 0.15) is 20.7 Å². The first-order valence-corrected chi connectivity index (χ1v) is 3.66. The number of ether oxygens (including phenoxy) is 1. The second kappa shape index (κ2) is 3.87. The van der Waals surface area contributed by atoms with Crippen LogP contribution in [0.5, 0.6) is 5.75 Å². The minimum atomic E-state index is -1.24. The Labute approximate surface area is 78.9 Å². The lowest BCUT2D eigenvalue weighted by Crippen LogP contribution is -2.02. The van der Waals surface area contributed by atoms with E-state index in [4.69, 9.17) is 5.11 Å². The highest BCUT2D eigenvalue weighted by molar-refractivity contribution is 5.91. The lowest BCUT2D eigenvalue weighted by atomic mass is 10.1. The first-order chi connectivity index (χ1) is 6.60. The van der Waals surface area contributed by atoms with Gasteiger partial charge in [-0.25, -0.2) is 9.18 Å². The summed E-state index contributed by atoms with van der Waals surface area (Å²) in [7, 11) is 1.19. The molecule has 0 bridgehead atoms. The highest BCUT2D eigenvalue weighted by Crippen LogP contribution is 2.21. The largest absolute Gasteiger partial charge is 0.494 e. The van der Waals surface area contributed by atoms with Gasteiger partial charge in [-0.3, -0.25) is 4.79 Å². The molecule has 0 fully saturated rings. The maximum Gasteiger partial charge on any atom is 0.335 e. The molecule has 0 aliphatic rings. The molecule has 0 aromatic heterocycles. The highest BCUT2D eigenvalue weighted by Gasteiger charge is 2.14. The zero-order valence-corrected chi connectivity index (χ0v) is 7.28. The SMILES string of the molecule is COc1cc(C(=O)O)cc(C=O)c1F. The molecule has 0 atom stereocenters. The number of hydrogen-bond acceptors (Lipinski definition) is 3. The summed E-state index contributed by atoms with van der Waals surface area (Å²) in [4.78, 5) is 20.9. The molecule has 0 saturated heterocycles. The van der Waals surface area contributed by atoms with E-state index >= 15 is 0 Å². The van der Waals surface area contributed by atoms with Crippen LogP contribution in [-0.2, 0) is 0 Å². The zero-order chi connectivity index (χ0) is 10.7. The summed E-state index contributed by atoms with van der Waals surface area (Å²) >= 11 is 0. The minimum absolute atomic E-state index is 0.189. The van der Waals surface area contributed by atoms with Gasteiger partial charge in [0.15, 0.2) is 17.9 Å². The molecular formula is C9H7FO4. The Morgan fingerprint density at radius 1 is 1.57 bits per heavy atom. The van der Waals surface area contributed by atoms with E-state index in [2.05, 4.69) is 4.74 Å². The van der Waals surface area contributed by atoms with Gasteiger partial charge in [0.2, 0.25) is 0 Å². The molecule has 0 heterocycles. The summed E-state index contributed by atoms with van der Waals surface area (Å²) in [5.41, 5.74) is -0.521. The standard InChI is InChI=1S/C9H7FO4/c1-14-7-3-5(9(12)13)2-6(4-11)8(7)10/h2-4H,1H3,(H,12,13). The highest BCUT2D eigenvalue weighted by atomic mass is 19.1. The summed E-state index contributed by atoms with van der Waals surface area (Å²) < 4.78 is 17.7. The van der Waals surface area contributed by atoms with E-state index in [9.17, 15) is 14.0 Å². The Kier molecular flexibility index (Phi) is 2.81. The van der Waals surface area contributed by atoms with Crippen molar-refractivity contribution < 1.29 is 23.8 Å². The first-order valence-electron chi connectivity index (χ1n) is 3.66. The summed E-state index contributed by atoms with van der Waals surface area (Å²) in [6.07, 6.45) is 0.240. The van der Waals surface area contributed by atoms with Crippen LogP contribution in [0, 0.1) is 5.82 Å². The van der Waals surface area contributed by atoms with E-state index < -0.39 is 11.8 Å². The van der Waals surface area contributed by atoms with Crippen molar-refractivity contribution in [3.63, 3.8) is 0 Å². The lowest BCUT2D eigenvalue weighted by molar-refractivity contribution is 0.0696. The number of hydrogen-bond donors (Lipinski definition) is 1. The van der Waals surface area contributed by atoms with Gasteiger partial charge in [-0.05, 0) is 12.1 Å². The van der Waals surface area contributed by atoms with Gasteiger partial charge in [-0.15, -0.1) is 0 Å². The molecule has 0 aliphatic heterocycles. The first kappa shape index (κ1) is 10.2. The Morgan fingerprint density at radius 2 is 2.21 bits per heavy atom. The zero-order valence-electron chi connectivity index (χ0n) is 7.28. The van der Waals surface area contributed by atoms with Crippen molar-refractivity contribution in [2.45, 2.75) is 0 Å². The monoisotopic (exact) mass is 198 g/mol. The fourth-order valence-corrected chi connectivity index (χ4v) is 0.977. The van der Waals surface area contributed by atoms with Gasteiger partial charge in [-0.1, -0.05) is 0 Å². The molecule has 0 unspecified atom stereocenters. The smallest absolute Gasteiger partial charge is 0.335 e. The fraction of sp³-hybridized carbons (Fsp3) is 0.111. The van der Waals surface area contributed by atoms with Crippen molar-refractivity contribution in [2.24, 2.45) is 0 Å². The predicted octanol–water partition coefficient (Wildman–Crippen LogP) is 1.34. The van der Waals surface area contributed by atoms with Crippen LogP contribution in [0.15, 0.2) is 12.1 Å². The summed E-state index contributed by atoms with van der Waals surface area (Å²) in [6, 6.07) is 1.97. The number of aromatic carboxylic acids is 1. The predicted molar refractivity (Wildman–Crippen MR) is 45.3 cm³/mol. The number of benzene rings is 1. The molecule has 0 radical (unpaired) electrons. The van der Waals surface area contributed by atoms with Crippen molar-refractivity contribution in [1.82, 2.24) is 0 Å². The van der Waals surface area contributed by atoms with Gasteiger partial charge in [0.25, 0.3) is 0 Å². The molecule has 0 spiro atoms. The number of aldehydes is 1. The van der Waals surface area contributed by atoms with Crippen LogP contribution in [0.3, 0.4) is 0 Å². The second-order valence-electron chi connectivity index (χ2n) is 2.50. The summed E-state index contributed by atoms with van der Waals surface area (Å²) in [6.45, 7) is 0. The van der Waals surface area contributed by atoms with Crippen LogP contribution >= 0.6 is 0 Å². The van der Waals surface area contributed by atoms with Crippen LogP contribution in [0.2, 0.25) is 0 Å². The molecule has 5 heteroatoms. The summed E-state index contributed by atoms with van der Waals surface area (Å²) in [5.74, 6) is -2.36. The Morgan fingerprint density at radius 3 is 2.64 bits per heavy atom. The molecule has 1 N–H and O–H groups in total.